The van der Waals surface area contributed by atoms with E-state index in [0.29, 0.717) is 23.2 Å². The minimum absolute atomic E-state index is 0.0671. The second-order valence-corrected chi connectivity index (χ2v) is 9.08. The fourth-order valence-corrected chi connectivity index (χ4v) is 4.79. The number of aromatic nitrogens is 4. The number of carbonyl (C=O) groups excluding carboxylic acids is 1. The van der Waals surface area contributed by atoms with Crippen LogP contribution in [0.25, 0.3) is 11.3 Å². The van der Waals surface area contributed by atoms with Crippen molar-refractivity contribution in [3.05, 3.63) is 69.7 Å². The van der Waals surface area contributed by atoms with Crippen molar-refractivity contribution in [2.24, 2.45) is 7.05 Å². The molecule has 0 unspecified atom stereocenters. The van der Waals surface area contributed by atoms with Gasteiger partial charge >= 0.3 is 0 Å². The molecule has 2 N–H and O–H groups in total. The predicted octanol–water partition coefficient (Wildman–Crippen LogP) is 4.25. The van der Waals surface area contributed by atoms with Gasteiger partial charge in [0.1, 0.15) is 5.75 Å². The summed E-state index contributed by atoms with van der Waals surface area (Å²) in [5.74, 6) is 1.97. The van der Waals surface area contributed by atoms with E-state index in [1.807, 2.05) is 50.5 Å². The molecule has 3 aromatic heterocycles. The lowest BCUT2D eigenvalue weighted by molar-refractivity contribution is 0.0954. The molecule has 9 heteroatoms. The van der Waals surface area contributed by atoms with Crippen LogP contribution >= 0.6 is 11.3 Å². The van der Waals surface area contributed by atoms with Gasteiger partial charge in [0.2, 0.25) is 5.95 Å². The summed E-state index contributed by atoms with van der Waals surface area (Å²) < 4.78 is 7.36. The maximum absolute atomic E-state index is 12.6. The van der Waals surface area contributed by atoms with E-state index in [2.05, 4.69) is 31.8 Å². The van der Waals surface area contributed by atoms with Crippen LogP contribution in [0.5, 0.6) is 5.75 Å². The maximum Gasteiger partial charge on any atom is 0.261 e. The Balaban J connectivity index is 1.26. The van der Waals surface area contributed by atoms with Crippen LogP contribution < -0.4 is 15.4 Å². The minimum Gasteiger partial charge on any atom is -0.492 e. The molecule has 0 radical (unpaired) electrons. The van der Waals surface area contributed by atoms with Crippen molar-refractivity contribution < 1.29 is 9.53 Å². The molecule has 8 nitrogen and oxygen atoms in total. The highest BCUT2D eigenvalue weighted by molar-refractivity contribution is 7.14. The van der Waals surface area contributed by atoms with E-state index in [1.54, 1.807) is 10.9 Å². The van der Waals surface area contributed by atoms with Gasteiger partial charge in [0.15, 0.2) is 5.82 Å². The lowest BCUT2D eigenvalue weighted by atomic mass is 10.0. The number of rotatable bonds is 6. The van der Waals surface area contributed by atoms with Crippen LogP contribution in [0.3, 0.4) is 0 Å². The fourth-order valence-electron chi connectivity index (χ4n) is 3.73. The van der Waals surface area contributed by atoms with Gasteiger partial charge in [0.25, 0.3) is 5.91 Å². The number of fused-ring (bicyclic) bond motifs is 1. The molecule has 33 heavy (non-hydrogen) atoms. The van der Waals surface area contributed by atoms with E-state index in [-0.39, 0.29) is 5.91 Å². The molecule has 1 aromatic carbocycles. The number of nitrogens with one attached hydrogen (secondary N) is 2. The van der Waals surface area contributed by atoms with E-state index in [4.69, 9.17) is 4.74 Å². The number of anilines is 2. The highest BCUT2D eigenvalue weighted by Crippen LogP contribution is 2.33. The first-order valence-electron chi connectivity index (χ1n) is 10.8. The van der Waals surface area contributed by atoms with Crippen LogP contribution in [0.2, 0.25) is 0 Å². The van der Waals surface area contributed by atoms with Crippen LogP contribution in [-0.4, -0.2) is 32.3 Å². The van der Waals surface area contributed by atoms with E-state index >= 15 is 0 Å². The van der Waals surface area contributed by atoms with Crippen molar-refractivity contribution in [3.8, 4) is 17.0 Å². The highest BCUT2D eigenvalue weighted by Gasteiger charge is 2.18. The molecule has 0 spiro atoms. The highest BCUT2D eigenvalue weighted by atomic mass is 32.1. The first kappa shape index (κ1) is 21.1. The quantitative estimate of drug-likeness (QED) is 0.447. The number of hydrogen-bond donors (Lipinski definition) is 2. The maximum atomic E-state index is 12.6. The van der Waals surface area contributed by atoms with Crippen LogP contribution in [0, 0.1) is 6.92 Å². The van der Waals surface area contributed by atoms with Crippen LogP contribution in [-0.2, 0) is 20.0 Å². The molecular weight excluding hydrogens is 436 g/mol. The first-order valence-corrected chi connectivity index (χ1v) is 11.6. The summed E-state index contributed by atoms with van der Waals surface area (Å²) in [4.78, 5) is 23.4. The Hall–Kier alpha value is -3.72. The van der Waals surface area contributed by atoms with Gasteiger partial charge in [0.05, 0.1) is 17.2 Å². The fraction of sp³-hybridized carbons (Fsp3) is 0.250. The third kappa shape index (κ3) is 4.73. The van der Waals surface area contributed by atoms with Gasteiger partial charge in [-0.1, -0.05) is 12.1 Å². The normalized spacial score (nSPS) is 12.7. The second-order valence-electron chi connectivity index (χ2n) is 7.94. The summed E-state index contributed by atoms with van der Waals surface area (Å²) in [7, 11) is 1.86. The molecular formula is C24H24N6O2S. The number of ether oxygens (including phenoxy) is 1. The molecule has 1 aliphatic heterocycles. The van der Waals surface area contributed by atoms with Crippen molar-refractivity contribution in [2.75, 3.05) is 11.9 Å². The SMILES string of the molecule is Cc1cc(-c2ccnc(Nc3ccn(C)n3)n2)ccc1CNC(=O)c1cc2c(s1)CCCO2. The molecule has 0 fully saturated rings. The van der Waals surface area contributed by atoms with E-state index in [1.165, 1.54) is 11.3 Å². The van der Waals surface area contributed by atoms with Gasteiger partial charge in [-0.15, -0.1) is 11.3 Å². The van der Waals surface area contributed by atoms with Gasteiger partial charge in [-0.2, -0.15) is 5.10 Å². The summed E-state index contributed by atoms with van der Waals surface area (Å²) in [6.07, 6.45) is 5.57. The summed E-state index contributed by atoms with van der Waals surface area (Å²) >= 11 is 1.52. The Kier molecular flexibility index (Phi) is 5.78. The summed E-state index contributed by atoms with van der Waals surface area (Å²) in [6, 6.07) is 11.7. The van der Waals surface area contributed by atoms with Crippen molar-refractivity contribution in [1.82, 2.24) is 25.1 Å². The molecule has 1 amide bonds. The zero-order valence-corrected chi connectivity index (χ0v) is 19.3. The van der Waals surface area contributed by atoms with Crippen molar-refractivity contribution >= 4 is 29.0 Å². The van der Waals surface area contributed by atoms with Gasteiger partial charge in [0, 0.05) is 48.6 Å². The molecule has 0 atom stereocenters. The van der Waals surface area contributed by atoms with E-state index in [0.717, 1.165) is 52.5 Å². The Morgan fingerprint density at radius 2 is 2.15 bits per heavy atom. The average molecular weight is 461 g/mol. The van der Waals surface area contributed by atoms with Crippen LogP contribution in [0.15, 0.2) is 48.8 Å². The lowest BCUT2D eigenvalue weighted by Crippen LogP contribution is -2.22. The predicted molar refractivity (Wildman–Crippen MR) is 128 cm³/mol. The molecule has 0 bridgehead atoms. The van der Waals surface area contributed by atoms with Crippen molar-refractivity contribution in [2.45, 2.75) is 26.3 Å². The smallest absolute Gasteiger partial charge is 0.261 e. The molecule has 168 valence electrons. The average Bonchev–Trinajstić information content (AvgIpc) is 3.44. The number of thiophene rings is 1. The van der Waals surface area contributed by atoms with Crippen molar-refractivity contribution in [3.63, 3.8) is 0 Å². The largest absolute Gasteiger partial charge is 0.492 e. The summed E-state index contributed by atoms with van der Waals surface area (Å²) in [5.41, 5.74) is 3.94. The molecule has 5 rings (SSSR count). The monoisotopic (exact) mass is 460 g/mol. The Bertz CT molecular complexity index is 1290. The molecule has 4 aromatic rings. The Morgan fingerprint density at radius 1 is 1.24 bits per heavy atom. The van der Waals surface area contributed by atoms with Gasteiger partial charge in [-0.25, -0.2) is 9.97 Å². The molecule has 0 saturated heterocycles. The third-order valence-electron chi connectivity index (χ3n) is 5.49. The Morgan fingerprint density at radius 3 is 2.94 bits per heavy atom. The van der Waals surface area contributed by atoms with Gasteiger partial charge in [-0.05, 0) is 43.0 Å². The molecule has 1 aliphatic rings. The van der Waals surface area contributed by atoms with E-state index < -0.39 is 0 Å². The zero-order chi connectivity index (χ0) is 22.8. The Labute approximate surface area is 195 Å². The van der Waals surface area contributed by atoms with Gasteiger partial charge < -0.3 is 15.4 Å². The molecule has 4 heterocycles. The topological polar surface area (TPSA) is 94.0 Å². The third-order valence-corrected chi connectivity index (χ3v) is 6.66. The van der Waals surface area contributed by atoms with Gasteiger partial charge in [-0.3, -0.25) is 9.48 Å². The summed E-state index contributed by atoms with van der Waals surface area (Å²) in [6.45, 7) is 3.23. The number of nitrogens with zero attached hydrogens (tertiary/aromatic N) is 4. The van der Waals surface area contributed by atoms with E-state index in [9.17, 15) is 4.79 Å². The zero-order valence-electron chi connectivity index (χ0n) is 18.5. The summed E-state index contributed by atoms with van der Waals surface area (Å²) in [5, 5.41) is 10.4. The second kappa shape index (κ2) is 9.03. The molecule has 0 aliphatic carbocycles. The number of carbonyl (C=O) groups is 1. The van der Waals surface area contributed by atoms with Crippen LogP contribution in [0.1, 0.15) is 32.1 Å². The number of aryl methyl sites for hydroxylation is 3. The minimum atomic E-state index is -0.0671. The van der Waals surface area contributed by atoms with Crippen LogP contribution in [0.4, 0.5) is 11.8 Å². The lowest BCUT2D eigenvalue weighted by Gasteiger charge is -2.11. The van der Waals surface area contributed by atoms with Crippen molar-refractivity contribution in [1.29, 1.82) is 0 Å². The first-order chi connectivity index (χ1) is 16.0. The molecule has 0 saturated carbocycles. The number of amides is 1. The number of hydrogen-bond acceptors (Lipinski definition) is 7. The standard InChI is InChI=1S/C24H24N6O2S/c1-15-12-16(18-7-9-25-24(27-18)28-22-8-10-30(2)29-22)5-6-17(15)14-26-23(31)21-13-19-20(33-21)4-3-11-32-19/h5-10,12-13H,3-4,11,14H2,1-2H3,(H,26,31)(H,25,27,28,29). The number of benzene rings is 1.